The summed E-state index contributed by atoms with van der Waals surface area (Å²) in [4.78, 5) is 2.47. The zero-order valence-corrected chi connectivity index (χ0v) is 16.4. The molecule has 3 rings (SSSR count). The van der Waals surface area contributed by atoms with Crippen molar-refractivity contribution < 1.29 is 9.31 Å². The maximum absolute atomic E-state index is 6.20. The fraction of sp³-hybridized carbons (Fsp3) is 0.667. The van der Waals surface area contributed by atoms with Crippen molar-refractivity contribution in [3.05, 3.63) is 22.7 Å². The van der Waals surface area contributed by atoms with Crippen LogP contribution in [0.5, 0.6) is 0 Å². The van der Waals surface area contributed by atoms with Crippen LogP contribution in [0.15, 0.2) is 22.7 Å². The highest BCUT2D eigenvalue weighted by Gasteiger charge is 2.51. The van der Waals surface area contributed by atoms with Crippen molar-refractivity contribution in [1.82, 2.24) is 0 Å². The van der Waals surface area contributed by atoms with E-state index in [4.69, 9.17) is 9.31 Å². The minimum absolute atomic E-state index is 0.305. The lowest BCUT2D eigenvalue weighted by atomic mass is 9.79. The number of hydrogen-bond donors (Lipinski definition) is 0. The molecule has 2 heterocycles. The van der Waals surface area contributed by atoms with Gasteiger partial charge in [0.2, 0.25) is 0 Å². The molecule has 2 aliphatic rings. The van der Waals surface area contributed by atoms with Gasteiger partial charge in [-0.15, -0.1) is 0 Å². The molecule has 0 aromatic heterocycles. The van der Waals surface area contributed by atoms with Crippen LogP contribution in [-0.4, -0.2) is 31.4 Å². The smallest absolute Gasteiger partial charge is 0.399 e. The molecule has 1 aromatic rings. The third-order valence-corrected chi connectivity index (χ3v) is 6.04. The molecule has 0 amide bonds. The Bertz CT molecular complexity index is 566. The van der Waals surface area contributed by atoms with Gasteiger partial charge >= 0.3 is 7.12 Å². The molecular formula is C18H27BBrNO2. The summed E-state index contributed by atoms with van der Waals surface area (Å²) in [6, 6.07) is 6.53. The van der Waals surface area contributed by atoms with Crippen molar-refractivity contribution in [3.8, 4) is 0 Å². The van der Waals surface area contributed by atoms with Gasteiger partial charge in [0.15, 0.2) is 0 Å². The molecule has 2 fully saturated rings. The van der Waals surface area contributed by atoms with Crippen LogP contribution in [-0.2, 0) is 9.31 Å². The summed E-state index contributed by atoms with van der Waals surface area (Å²) in [6.07, 6.45) is 2.52. The van der Waals surface area contributed by atoms with Crippen molar-refractivity contribution in [3.63, 3.8) is 0 Å². The monoisotopic (exact) mass is 379 g/mol. The van der Waals surface area contributed by atoms with E-state index >= 15 is 0 Å². The molecule has 3 nitrogen and oxygen atoms in total. The van der Waals surface area contributed by atoms with E-state index in [0.717, 1.165) is 28.9 Å². The Labute approximate surface area is 149 Å². The summed E-state index contributed by atoms with van der Waals surface area (Å²) < 4.78 is 13.5. The maximum atomic E-state index is 6.20. The topological polar surface area (TPSA) is 21.7 Å². The van der Waals surface area contributed by atoms with E-state index < -0.39 is 0 Å². The fourth-order valence-electron chi connectivity index (χ4n) is 3.16. The Morgan fingerprint density at radius 3 is 2.17 bits per heavy atom. The highest BCUT2D eigenvalue weighted by Crippen LogP contribution is 2.37. The summed E-state index contributed by atoms with van der Waals surface area (Å²) in [5, 5.41) is 0. The van der Waals surface area contributed by atoms with Gasteiger partial charge in [-0.3, -0.25) is 0 Å². The molecule has 0 atom stereocenters. The second-order valence-electron chi connectivity index (χ2n) is 8.00. The number of piperidine rings is 1. The standard InChI is InChI=1S/C18H27BBrNO2/c1-13-6-8-21(9-7-13)16-11-14(10-15(20)12-16)19-22-17(2,3)18(4,5)23-19/h10-13H,6-9H2,1-5H3. The molecule has 2 aliphatic heterocycles. The van der Waals surface area contributed by atoms with Gasteiger partial charge in [-0.1, -0.05) is 22.9 Å². The second-order valence-corrected chi connectivity index (χ2v) is 8.92. The summed E-state index contributed by atoms with van der Waals surface area (Å²) in [5.41, 5.74) is 1.74. The minimum Gasteiger partial charge on any atom is -0.399 e. The molecule has 0 spiro atoms. The zero-order chi connectivity index (χ0) is 16.8. The van der Waals surface area contributed by atoms with E-state index in [2.05, 4.69) is 73.6 Å². The van der Waals surface area contributed by atoms with Crippen LogP contribution in [0, 0.1) is 5.92 Å². The summed E-state index contributed by atoms with van der Waals surface area (Å²) in [7, 11) is -0.306. The lowest BCUT2D eigenvalue weighted by Crippen LogP contribution is -2.41. The predicted molar refractivity (Wildman–Crippen MR) is 100 cm³/mol. The Morgan fingerprint density at radius 2 is 1.61 bits per heavy atom. The Kier molecular flexibility index (Phi) is 4.58. The summed E-state index contributed by atoms with van der Waals surface area (Å²) >= 11 is 3.66. The largest absolute Gasteiger partial charge is 0.494 e. The molecule has 0 bridgehead atoms. The van der Waals surface area contributed by atoms with Gasteiger partial charge in [-0.05, 0) is 70.1 Å². The third-order valence-electron chi connectivity index (χ3n) is 5.58. The highest BCUT2D eigenvalue weighted by molar-refractivity contribution is 9.10. The van der Waals surface area contributed by atoms with Crippen molar-refractivity contribution in [1.29, 1.82) is 0 Å². The van der Waals surface area contributed by atoms with Crippen molar-refractivity contribution in [2.24, 2.45) is 5.92 Å². The second kappa shape index (κ2) is 6.09. The number of halogens is 1. The van der Waals surface area contributed by atoms with Gasteiger partial charge in [-0.2, -0.15) is 0 Å². The van der Waals surface area contributed by atoms with E-state index in [0.29, 0.717) is 0 Å². The quantitative estimate of drug-likeness (QED) is 0.725. The van der Waals surface area contributed by atoms with Crippen LogP contribution in [0.3, 0.4) is 0 Å². The Balaban J connectivity index is 1.84. The van der Waals surface area contributed by atoms with Crippen LogP contribution in [0.4, 0.5) is 5.69 Å². The maximum Gasteiger partial charge on any atom is 0.494 e. The first-order chi connectivity index (χ1) is 10.7. The number of hydrogen-bond acceptors (Lipinski definition) is 3. The molecule has 5 heteroatoms. The first-order valence-corrected chi connectivity index (χ1v) is 9.38. The SMILES string of the molecule is CC1CCN(c2cc(Br)cc(B3OC(C)(C)C(C)(C)O3)c2)CC1. The van der Waals surface area contributed by atoms with Gasteiger partial charge in [0.05, 0.1) is 11.2 Å². The molecule has 0 radical (unpaired) electrons. The number of rotatable bonds is 2. The van der Waals surface area contributed by atoms with E-state index in [1.165, 1.54) is 18.5 Å². The van der Waals surface area contributed by atoms with Crippen molar-refractivity contribution in [2.45, 2.75) is 58.7 Å². The van der Waals surface area contributed by atoms with Crippen LogP contribution in [0.25, 0.3) is 0 Å². The molecule has 0 saturated carbocycles. The highest BCUT2D eigenvalue weighted by atomic mass is 79.9. The molecule has 23 heavy (non-hydrogen) atoms. The van der Waals surface area contributed by atoms with Gasteiger partial charge in [0.25, 0.3) is 0 Å². The lowest BCUT2D eigenvalue weighted by Gasteiger charge is -2.32. The first kappa shape index (κ1) is 17.3. The number of nitrogens with zero attached hydrogens (tertiary/aromatic N) is 1. The number of benzene rings is 1. The molecule has 0 N–H and O–H groups in total. The first-order valence-electron chi connectivity index (χ1n) is 8.59. The van der Waals surface area contributed by atoms with E-state index in [-0.39, 0.29) is 18.3 Å². The lowest BCUT2D eigenvalue weighted by molar-refractivity contribution is 0.00578. The summed E-state index contributed by atoms with van der Waals surface area (Å²) in [6.45, 7) is 13.0. The zero-order valence-electron chi connectivity index (χ0n) is 14.9. The van der Waals surface area contributed by atoms with Crippen molar-refractivity contribution in [2.75, 3.05) is 18.0 Å². The normalized spacial score (nSPS) is 24.3. The number of anilines is 1. The molecular weight excluding hydrogens is 353 g/mol. The van der Waals surface area contributed by atoms with E-state index in [9.17, 15) is 0 Å². The average molecular weight is 380 g/mol. The van der Waals surface area contributed by atoms with E-state index in [1.54, 1.807) is 0 Å². The van der Waals surface area contributed by atoms with Gasteiger partial charge in [-0.25, -0.2) is 0 Å². The van der Waals surface area contributed by atoms with Crippen LogP contribution in [0.2, 0.25) is 0 Å². The van der Waals surface area contributed by atoms with Crippen molar-refractivity contribution >= 4 is 34.2 Å². The van der Waals surface area contributed by atoms with Crippen LogP contribution >= 0.6 is 15.9 Å². The van der Waals surface area contributed by atoms with Gasteiger partial charge in [0, 0.05) is 23.2 Å². The summed E-state index contributed by atoms with van der Waals surface area (Å²) in [5.74, 6) is 0.834. The Hall–Kier alpha value is -0.515. The Morgan fingerprint density at radius 1 is 1.04 bits per heavy atom. The molecule has 0 unspecified atom stereocenters. The molecule has 2 saturated heterocycles. The predicted octanol–water partition coefficient (Wildman–Crippen LogP) is 3.98. The fourth-order valence-corrected chi connectivity index (χ4v) is 3.66. The third kappa shape index (κ3) is 3.47. The molecule has 0 aliphatic carbocycles. The molecule has 126 valence electrons. The van der Waals surface area contributed by atoms with Crippen LogP contribution < -0.4 is 10.4 Å². The average Bonchev–Trinajstić information content (AvgIpc) is 2.67. The molecule has 1 aromatic carbocycles. The van der Waals surface area contributed by atoms with Crippen LogP contribution in [0.1, 0.15) is 47.5 Å². The minimum atomic E-state index is -0.306. The van der Waals surface area contributed by atoms with Gasteiger partial charge in [0.1, 0.15) is 0 Å². The van der Waals surface area contributed by atoms with E-state index in [1.807, 2.05) is 0 Å². The van der Waals surface area contributed by atoms with Gasteiger partial charge < -0.3 is 14.2 Å².